The van der Waals surface area contributed by atoms with Crippen LogP contribution in [0.4, 0.5) is 8.78 Å². The van der Waals surface area contributed by atoms with Crippen molar-refractivity contribution in [1.29, 1.82) is 0 Å². The number of aliphatic hydroxyl groups is 1. The predicted octanol–water partition coefficient (Wildman–Crippen LogP) is 2.09. The van der Waals surface area contributed by atoms with Gasteiger partial charge in [-0.3, -0.25) is 0 Å². The van der Waals surface area contributed by atoms with E-state index in [1.165, 1.54) is 24.3 Å². The highest BCUT2D eigenvalue weighted by Gasteiger charge is 2.22. The SMILES string of the molecule is COC(=O)C(O)c1ccc(CC(C)(F)F)cc1. The van der Waals surface area contributed by atoms with Crippen LogP contribution in [0.5, 0.6) is 0 Å². The molecule has 0 amide bonds. The number of esters is 1. The molecule has 0 aromatic heterocycles. The molecular formula is C12H14F2O3. The Kier molecular flexibility index (Phi) is 4.17. The van der Waals surface area contributed by atoms with Gasteiger partial charge in [0, 0.05) is 6.42 Å². The van der Waals surface area contributed by atoms with E-state index < -0.39 is 18.0 Å². The quantitative estimate of drug-likeness (QED) is 0.825. The highest BCUT2D eigenvalue weighted by atomic mass is 19.3. The number of hydrogen-bond donors (Lipinski definition) is 1. The average molecular weight is 244 g/mol. The van der Waals surface area contributed by atoms with Gasteiger partial charge < -0.3 is 9.84 Å². The third kappa shape index (κ3) is 4.11. The number of ether oxygens (including phenoxy) is 1. The van der Waals surface area contributed by atoms with Crippen molar-refractivity contribution in [3.8, 4) is 0 Å². The van der Waals surface area contributed by atoms with Crippen LogP contribution >= 0.6 is 0 Å². The first-order valence-corrected chi connectivity index (χ1v) is 5.06. The van der Waals surface area contributed by atoms with Crippen LogP contribution < -0.4 is 0 Å². The van der Waals surface area contributed by atoms with E-state index in [0.29, 0.717) is 11.1 Å². The molecule has 0 saturated carbocycles. The standard InChI is InChI=1S/C12H14F2O3/c1-12(13,14)7-8-3-5-9(6-4-8)10(15)11(16)17-2/h3-6,10,15H,7H2,1-2H3. The van der Waals surface area contributed by atoms with Gasteiger partial charge in [-0.15, -0.1) is 0 Å². The minimum absolute atomic E-state index is 0.319. The lowest BCUT2D eigenvalue weighted by atomic mass is 10.0. The lowest BCUT2D eigenvalue weighted by Gasteiger charge is -2.12. The van der Waals surface area contributed by atoms with Crippen LogP contribution in [0.15, 0.2) is 24.3 Å². The molecule has 0 bridgehead atoms. The van der Waals surface area contributed by atoms with Crippen molar-refractivity contribution in [3.63, 3.8) is 0 Å². The Bertz CT molecular complexity index is 382. The molecule has 1 rings (SSSR count). The molecule has 3 nitrogen and oxygen atoms in total. The van der Waals surface area contributed by atoms with E-state index in [1.54, 1.807) is 0 Å². The number of methoxy groups -OCH3 is 1. The fourth-order valence-corrected chi connectivity index (χ4v) is 1.42. The molecule has 0 radical (unpaired) electrons. The first-order chi connectivity index (χ1) is 7.83. The number of rotatable bonds is 4. The number of hydrogen-bond acceptors (Lipinski definition) is 3. The van der Waals surface area contributed by atoms with Crippen LogP contribution in [0.25, 0.3) is 0 Å². The largest absolute Gasteiger partial charge is 0.467 e. The Morgan fingerprint density at radius 3 is 2.35 bits per heavy atom. The smallest absolute Gasteiger partial charge is 0.339 e. The van der Waals surface area contributed by atoms with E-state index in [9.17, 15) is 18.7 Å². The van der Waals surface area contributed by atoms with E-state index in [2.05, 4.69) is 4.74 Å². The molecule has 17 heavy (non-hydrogen) atoms. The van der Waals surface area contributed by atoms with Crippen molar-refractivity contribution >= 4 is 5.97 Å². The number of aliphatic hydroxyl groups excluding tert-OH is 1. The molecule has 1 aromatic carbocycles. The molecule has 0 aliphatic rings. The van der Waals surface area contributed by atoms with Gasteiger partial charge in [0.2, 0.25) is 5.92 Å². The Morgan fingerprint density at radius 2 is 1.94 bits per heavy atom. The van der Waals surface area contributed by atoms with Gasteiger partial charge in [-0.25, -0.2) is 13.6 Å². The molecule has 0 saturated heterocycles. The molecule has 1 unspecified atom stereocenters. The van der Waals surface area contributed by atoms with E-state index in [1.807, 2.05) is 0 Å². The van der Waals surface area contributed by atoms with E-state index in [0.717, 1.165) is 14.0 Å². The number of carbonyl (C=O) groups is 1. The van der Waals surface area contributed by atoms with Crippen LogP contribution in [-0.2, 0) is 16.0 Å². The normalized spacial score (nSPS) is 13.2. The number of carbonyl (C=O) groups excluding carboxylic acids is 1. The zero-order valence-electron chi connectivity index (χ0n) is 9.61. The summed E-state index contributed by atoms with van der Waals surface area (Å²) in [5.41, 5.74) is 0.762. The third-order valence-corrected chi connectivity index (χ3v) is 2.23. The lowest BCUT2D eigenvalue weighted by Crippen LogP contribution is -2.15. The molecule has 0 spiro atoms. The summed E-state index contributed by atoms with van der Waals surface area (Å²) < 4.78 is 29.8. The van der Waals surface area contributed by atoms with Crippen molar-refractivity contribution in [2.45, 2.75) is 25.4 Å². The van der Waals surface area contributed by atoms with Crippen molar-refractivity contribution in [2.24, 2.45) is 0 Å². The summed E-state index contributed by atoms with van der Waals surface area (Å²) in [6.07, 6.45) is -1.75. The lowest BCUT2D eigenvalue weighted by molar-refractivity contribution is -0.150. The Morgan fingerprint density at radius 1 is 1.41 bits per heavy atom. The second-order valence-electron chi connectivity index (χ2n) is 3.91. The molecule has 0 aliphatic carbocycles. The zero-order chi connectivity index (χ0) is 13.1. The maximum atomic E-state index is 12.7. The first-order valence-electron chi connectivity index (χ1n) is 5.06. The van der Waals surface area contributed by atoms with E-state index in [-0.39, 0.29) is 6.42 Å². The van der Waals surface area contributed by atoms with Crippen LogP contribution in [0, 0.1) is 0 Å². The summed E-state index contributed by atoms with van der Waals surface area (Å²) in [7, 11) is 1.16. The fourth-order valence-electron chi connectivity index (χ4n) is 1.42. The molecular weight excluding hydrogens is 230 g/mol. The summed E-state index contributed by atoms with van der Waals surface area (Å²) in [6, 6.07) is 5.78. The number of halogens is 2. The van der Waals surface area contributed by atoms with Gasteiger partial charge in [0.05, 0.1) is 7.11 Å². The molecule has 1 atom stereocenters. The highest BCUT2D eigenvalue weighted by molar-refractivity contribution is 5.76. The minimum Gasteiger partial charge on any atom is -0.467 e. The molecule has 5 heteroatoms. The van der Waals surface area contributed by atoms with Crippen molar-refractivity contribution < 1.29 is 23.4 Å². The maximum Gasteiger partial charge on any atom is 0.339 e. The first kappa shape index (κ1) is 13.6. The van der Waals surface area contributed by atoms with Gasteiger partial charge in [-0.1, -0.05) is 24.3 Å². The van der Waals surface area contributed by atoms with E-state index in [4.69, 9.17) is 0 Å². The van der Waals surface area contributed by atoms with Crippen molar-refractivity contribution in [1.82, 2.24) is 0 Å². The van der Waals surface area contributed by atoms with Crippen LogP contribution in [-0.4, -0.2) is 24.1 Å². The summed E-state index contributed by atoms with van der Waals surface area (Å²) in [4.78, 5) is 11.0. The van der Waals surface area contributed by atoms with Crippen LogP contribution in [0.1, 0.15) is 24.2 Å². The van der Waals surface area contributed by atoms with Gasteiger partial charge in [0.15, 0.2) is 6.10 Å². The van der Waals surface area contributed by atoms with Gasteiger partial charge in [-0.05, 0) is 18.1 Å². The number of alkyl halides is 2. The highest BCUT2D eigenvalue weighted by Crippen LogP contribution is 2.21. The summed E-state index contributed by atoms with van der Waals surface area (Å²) in [5, 5.41) is 9.49. The second kappa shape index (κ2) is 5.23. The monoisotopic (exact) mass is 244 g/mol. The molecule has 0 fully saturated rings. The molecule has 1 aromatic rings. The Labute approximate surface area is 98.0 Å². The number of benzene rings is 1. The summed E-state index contributed by atoms with van der Waals surface area (Å²) in [5.74, 6) is -3.55. The van der Waals surface area contributed by atoms with Gasteiger partial charge >= 0.3 is 5.97 Å². The van der Waals surface area contributed by atoms with Crippen molar-refractivity contribution in [2.75, 3.05) is 7.11 Å². The van der Waals surface area contributed by atoms with E-state index >= 15 is 0 Å². The van der Waals surface area contributed by atoms with Gasteiger partial charge in [0.25, 0.3) is 0 Å². The topological polar surface area (TPSA) is 46.5 Å². The fraction of sp³-hybridized carbons (Fsp3) is 0.417. The Balaban J connectivity index is 2.78. The second-order valence-corrected chi connectivity index (χ2v) is 3.91. The average Bonchev–Trinajstić information content (AvgIpc) is 2.26. The predicted molar refractivity (Wildman–Crippen MR) is 57.7 cm³/mol. The Hall–Kier alpha value is -1.49. The third-order valence-electron chi connectivity index (χ3n) is 2.23. The molecule has 94 valence electrons. The zero-order valence-corrected chi connectivity index (χ0v) is 9.61. The van der Waals surface area contributed by atoms with Crippen LogP contribution in [0.3, 0.4) is 0 Å². The minimum atomic E-state index is -2.78. The molecule has 1 N–H and O–H groups in total. The van der Waals surface area contributed by atoms with Gasteiger partial charge in [-0.2, -0.15) is 0 Å². The summed E-state index contributed by atoms with van der Waals surface area (Å²) in [6.45, 7) is 0.838. The van der Waals surface area contributed by atoms with Gasteiger partial charge in [0.1, 0.15) is 0 Å². The van der Waals surface area contributed by atoms with Crippen LogP contribution in [0.2, 0.25) is 0 Å². The summed E-state index contributed by atoms with van der Waals surface area (Å²) >= 11 is 0. The molecule has 0 heterocycles. The molecule has 0 aliphatic heterocycles. The van der Waals surface area contributed by atoms with Crippen molar-refractivity contribution in [3.05, 3.63) is 35.4 Å². The maximum absolute atomic E-state index is 12.7.